The Labute approximate surface area is 185 Å². The van der Waals surface area contributed by atoms with Crippen molar-refractivity contribution in [2.75, 3.05) is 13.7 Å². The van der Waals surface area contributed by atoms with Gasteiger partial charge in [0.05, 0.1) is 13.2 Å². The average molecular weight is 439 g/mol. The number of methoxy groups -OCH3 is 1. The number of rotatable bonds is 8. The van der Waals surface area contributed by atoms with Gasteiger partial charge in [0.1, 0.15) is 23.7 Å². The number of nitrogens with one attached hydrogen (secondary N) is 2. The molecule has 1 aliphatic carbocycles. The Morgan fingerprint density at radius 3 is 2.44 bits per heavy atom. The molecule has 2 aromatic rings. The Bertz CT molecular complexity index is 1020. The molecular formula is C24H26FN3O4. The van der Waals surface area contributed by atoms with Crippen LogP contribution in [0.3, 0.4) is 0 Å². The molecule has 2 fully saturated rings. The summed E-state index contributed by atoms with van der Waals surface area (Å²) in [6, 6.07) is 12.3. The van der Waals surface area contributed by atoms with E-state index in [1.165, 1.54) is 12.1 Å². The maximum Gasteiger partial charge on any atom is 0.325 e. The summed E-state index contributed by atoms with van der Waals surface area (Å²) in [6.07, 6.45) is 2.19. The molecule has 2 unspecified atom stereocenters. The molecule has 4 amide bonds. The Kier molecular flexibility index (Phi) is 5.86. The van der Waals surface area contributed by atoms with E-state index < -0.39 is 23.5 Å². The third-order valence-corrected chi connectivity index (χ3v) is 6.20. The molecule has 1 saturated heterocycles. The number of nitrogens with zero attached hydrogens (tertiary/aromatic N) is 1. The fourth-order valence-electron chi connectivity index (χ4n) is 4.12. The number of halogens is 1. The van der Waals surface area contributed by atoms with Gasteiger partial charge in [0, 0.05) is 0 Å². The minimum Gasteiger partial charge on any atom is -0.497 e. The maximum absolute atomic E-state index is 13.3. The van der Waals surface area contributed by atoms with Gasteiger partial charge in [0.25, 0.3) is 5.91 Å². The van der Waals surface area contributed by atoms with Crippen LogP contribution in [0, 0.1) is 11.7 Å². The van der Waals surface area contributed by atoms with Gasteiger partial charge in [-0.15, -0.1) is 0 Å². The lowest BCUT2D eigenvalue weighted by atomic mass is 9.96. The Morgan fingerprint density at radius 2 is 1.84 bits per heavy atom. The first kappa shape index (κ1) is 21.8. The smallest absolute Gasteiger partial charge is 0.325 e. The summed E-state index contributed by atoms with van der Waals surface area (Å²) in [7, 11) is 1.57. The molecule has 8 heteroatoms. The zero-order valence-corrected chi connectivity index (χ0v) is 18.1. The molecule has 0 bridgehead atoms. The average Bonchev–Trinajstić information content (AvgIpc) is 3.61. The lowest BCUT2D eigenvalue weighted by Crippen LogP contribution is -2.47. The normalized spacial score (nSPS) is 21.3. The molecule has 7 nitrogen and oxygen atoms in total. The van der Waals surface area contributed by atoms with Crippen LogP contribution >= 0.6 is 0 Å². The molecule has 32 heavy (non-hydrogen) atoms. The highest BCUT2D eigenvalue weighted by Gasteiger charge is 2.56. The highest BCUT2D eigenvalue weighted by molar-refractivity contribution is 6.09. The first-order chi connectivity index (χ1) is 15.3. The highest BCUT2D eigenvalue weighted by atomic mass is 19.1. The van der Waals surface area contributed by atoms with E-state index in [1.54, 1.807) is 38.3 Å². The van der Waals surface area contributed by atoms with Crippen molar-refractivity contribution in [3.8, 4) is 5.75 Å². The van der Waals surface area contributed by atoms with E-state index in [0.29, 0.717) is 12.2 Å². The first-order valence-electron chi connectivity index (χ1n) is 10.6. The van der Waals surface area contributed by atoms with Gasteiger partial charge >= 0.3 is 6.03 Å². The minimum atomic E-state index is -0.930. The van der Waals surface area contributed by atoms with Gasteiger partial charge in [-0.05, 0) is 67.5 Å². The van der Waals surface area contributed by atoms with Gasteiger partial charge in [-0.2, -0.15) is 0 Å². The summed E-state index contributed by atoms with van der Waals surface area (Å²) < 4.78 is 18.5. The molecule has 0 radical (unpaired) electrons. The number of imide groups is 1. The summed E-state index contributed by atoms with van der Waals surface area (Å²) in [5, 5.41) is 5.67. The molecule has 168 valence electrons. The molecule has 1 heterocycles. The zero-order valence-electron chi connectivity index (χ0n) is 18.1. The van der Waals surface area contributed by atoms with Crippen LogP contribution in [0.5, 0.6) is 5.75 Å². The zero-order chi connectivity index (χ0) is 22.9. The SMILES string of the molecule is COc1ccc(C(Cc2ccc(F)cc2)NC(=O)CN2C(=O)NC(C)(C3CC3)C2=O)cc1. The van der Waals surface area contributed by atoms with Crippen molar-refractivity contribution in [2.24, 2.45) is 5.92 Å². The molecule has 2 N–H and O–H groups in total. The molecule has 1 aliphatic heterocycles. The predicted molar refractivity (Wildman–Crippen MR) is 115 cm³/mol. The molecule has 0 spiro atoms. The van der Waals surface area contributed by atoms with Crippen molar-refractivity contribution in [3.63, 3.8) is 0 Å². The Hall–Kier alpha value is -3.42. The van der Waals surface area contributed by atoms with E-state index in [0.717, 1.165) is 28.9 Å². The van der Waals surface area contributed by atoms with E-state index in [-0.39, 0.29) is 24.2 Å². The molecule has 2 atom stereocenters. The number of urea groups is 1. The fourth-order valence-corrected chi connectivity index (χ4v) is 4.12. The summed E-state index contributed by atoms with van der Waals surface area (Å²) >= 11 is 0. The van der Waals surface area contributed by atoms with Gasteiger partial charge in [-0.1, -0.05) is 24.3 Å². The fraction of sp³-hybridized carbons (Fsp3) is 0.375. The third kappa shape index (κ3) is 4.44. The number of amides is 4. The second-order valence-electron chi connectivity index (χ2n) is 8.52. The number of ether oxygens (including phenoxy) is 1. The van der Waals surface area contributed by atoms with Gasteiger partial charge in [-0.25, -0.2) is 9.18 Å². The Balaban J connectivity index is 1.49. The molecule has 4 rings (SSSR count). The van der Waals surface area contributed by atoms with Crippen molar-refractivity contribution in [1.82, 2.24) is 15.5 Å². The number of hydrogen-bond acceptors (Lipinski definition) is 4. The van der Waals surface area contributed by atoms with Crippen LogP contribution in [0.15, 0.2) is 48.5 Å². The molecular weight excluding hydrogens is 413 g/mol. The van der Waals surface area contributed by atoms with Crippen LogP contribution in [0.25, 0.3) is 0 Å². The van der Waals surface area contributed by atoms with Crippen molar-refractivity contribution < 1.29 is 23.5 Å². The lowest BCUT2D eigenvalue weighted by molar-refractivity contribution is -0.135. The highest BCUT2D eigenvalue weighted by Crippen LogP contribution is 2.42. The second-order valence-corrected chi connectivity index (χ2v) is 8.52. The van der Waals surface area contributed by atoms with Gasteiger partial charge in [-0.3, -0.25) is 14.5 Å². The number of hydrogen-bond donors (Lipinski definition) is 2. The maximum atomic E-state index is 13.3. The lowest BCUT2D eigenvalue weighted by Gasteiger charge is -2.23. The first-order valence-corrected chi connectivity index (χ1v) is 10.6. The van der Waals surface area contributed by atoms with E-state index in [4.69, 9.17) is 4.74 Å². The van der Waals surface area contributed by atoms with Crippen LogP contribution in [-0.2, 0) is 16.0 Å². The number of carbonyl (C=O) groups is 3. The second kappa shape index (κ2) is 8.61. The number of carbonyl (C=O) groups excluding carboxylic acids is 3. The van der Waals surface area contributed by atoms with E-state index in [2.05, 4.69) is 10.6 Å². The van der Waals surface area contributed by atoms with Crippen molar-refractivity contribution in [2.45, 2.75) is 37.8 Å². The topological polar surface area (TPSA) is 87.7 Å². The quantitative estimate of drug-likeness (QED) is 0.619. The molecule has 2 aromatic carbocycles. The third-order valence-electron chi connectivity index (χ3n) is 6.20. The molecule has 0 aromatic heterocycles. The van der Waals surface area contributed by atoms with Crippen molar-refractivity contribution in [1.29, 1.82) is 0 Å². The van der Waals surface area contributed by atoms with Crippen LogP contribution in [0.4, 0.5) is 9.18 Å². The summed E-state index contributed by atoms with van der Waals surface area (Å²) in [5.41, 5.74) is 0.730. The molecule has 2 aliphatic rings. The van der Waals surface area contributed by atoms with Gasteiger partial charge in [0.2, 0.25) is 5.91 Å². The summed E-state index contributed by atoms with van der Waals surface area (Å²) in [5.74, 6) is -0.343. The largest absolute Gasteiger partial charge is 0.497 e. The van der Waals surface area contributed by atoms with Gasteiger partial charge < -0.3 is 15.4 Å². The number of benzene rings is 2. The van der Waals surface area contributed by atoms with Crippen LogP contribution in [0.2, 0.25) is 0 Å². The monoisotopic (exact) mass is 439 g/mol. The Morgan fingerprint density at radius 1 is 1.19 bits per heavy atom. The predicted octanol–water partition coefficient (Wildman–Crippen LogP) is 2.95. The molecule has 1 saturated carbocycles. The van der Waals surface area contributed by atoms with E-state index in [1.807, 2.05) is 12.1 Å². The van der Waals surface area contributed by atoms with Crippen molar-refractivity contribution >= 4 is 17.8 Å². The van der Waals surface area contributed by atoms with Crippen LogP contribution in [-0.4, -0.2) is 41.9 Å². The standard InChI is InChI=1S/C24H26FN3O4/c1-24(17-7-8-17)22(30)28(23(31)27-24)14-21(29)26-20(13-15-3-9-18(25)10-4-15)16-5-11-19(32-2)12-6-16/h3-6,9-12,17,20H,7-8,13-14H2,1-2H3,(H,26,29)(H,27,31). The van der Waals surface area contributed by atoms with E-state index >= 15 is 0 Å². The van der Waals surface area contributed by atoms with E-state index in [9.17, 15) is 18.8 Å². The summed E-state index contributed by atoms with van der Waals surface area (Å²) in [4.78, 5) is 39.0. The summed E-state index contributed by atoms with van der Waals surface area (Å²) in [6.45, 7) is 1.36. The van der Waals surface area contributed by atoms with Gasteiger partial charge in [0.15, 0.2) is 0 Å². The minimum absolute atomic E-state index is 0.123. The van der Waals surface area contributed by atoms with Crippen molar-refractivity contribution in [3.05, 3.63) is 65.5 Å². The van der Waals surface area contributed by atoms with Crippen LogP contribution in [0.1, 0.15) is 36.9 Å². The van der Waals surface area contributed by atoms with Crippen LogP contribution < -0.4 is 15.4 Å².